The summed E-state index contributed by atoms with van der Waals surface area (Å²) in [6.07, 6.45) is 1.82. The van der Waals surface area contributed by atoms with E-state index >= 15 is 0 Å². The number of hydrogen-bond acceptors (Lipinski definition) is 4. The average Bonchev–Trinajstić information content (AvgIpc) is 2.78. The van der Waals surface area contributed by atoms with Gasteiger partial charge in [-0.2, -0.15) is 0 Å². The lowest BCUT2D eigenvalue weighted by Gasteiger charge is -2.10. The van der Waals surface area contributed by atoms with Crippen LogP contribution in [0.4, 0.5) is 0 Å². The van der Waals surface area contributed by atoms with E-state index in [1.165, 1.54) is 0 Å². The van der Waals surface area contributed by atoms with Crippen molar-refractivity contribution in [3.05, 3.63) is 47.8 Å². The van der Waals surface area contributed by atoms with Gasteiger partial charge in [-0.1, -0.05) is 35.5 Å². The molecule has 5 nitrogen and oxygen atoms in total. The van der Waals surface area contributed by atoms with Gasteiger partial charge in [0.25, 0.3) is 0 Å². The van der Waals surface area contributed by atoms with E-state index in [4.69, 9.17) is 11.5 Å². The molecule has 0 aliphatic rings. The van der Waals surface area contributed by atoms with Crippen molar-refractivity contribution in [2.75, 3.05) is 0 Å². The van der Waals surface area contributed by atoms with Gasteiger partial charge < -0.3 is 11.5 Å². The Morgan fingerprint density at radius 1 is 1.25 bits per heavy atom. The van der Waals surface area contributed by atoms with E-state index in [0.29, 0.717) is 13.1 Å². The summed E-state index contributed by atoms with van der Waals surface area (Å²) in [5.74, 6) is 0. The Morgan fingerprint density at radius 3 is 2.62 bits per heavy atom. The van der Waals surface area contributed by atoms with Gasteiger partial charge in [-0.15, -0.1) is 5.10 Å². The number of nitrogens with two attached hydrogens (primary N) is 2. The monoisotopic (exact) mass is 217 g/mol. The van der Waals surface area contributed by atoms with Gasteiger partial charge in [-0.05, 0) is 5.56 Å². The summed E-state index contributed by atoms with van der Waals surface area (Å²) < 4.78 is 1.72. The third-order valence-corrected chi connectivity index (χ3v) is 2.41. The number of nitrogens with zero attached hydrogens (tertiary/aromatic N) is 3. The van der Waals surface area contributed by atoms with Gasteiger partial charge >= 0.3 is 0 Å². The van der Waals surface area contributed by atoms with Crippen LogP contribution in [-0.4, -0.2) is 15.0 Å². The molecule has 0 radical (unpaired) electrons. The number of rotatable bonds is 4. The van der Waals surface area contributed by atoms with E-state index in [0.717, 1.165) is 11.3 Å². The lowest BCUT2D eigenvalue weighted by Crippen LogP contribution is -2.17. The van der Waals surface area contributed by atoms with Crippen molar-refractivity contribution < 1.29 is 0 Å². The standard InChI is InChI=1S/C11H15N5/c12-6-10-7-16(15-14-10)8-11(13)9-4-2-1-3-5-9/h1-5,7,11H,6,8,12-13H2/t11-/m0/s1. The minimum Gasteiger partial charge on any atom is -0.325 e. The molecule has 0 saturated carbocycles. The molecule has 0 aliphatic carbocycles. The van der Waals surface area contributed by atoms with E-state index < -0.39 is 0 Å². The maximum Gasteiger partial charge on any atom is 0.0962 e. The van der Waals surface area contributed by atoms with Gasteiger partial charge in [0.15, 0.2) is 0 Å². The molecule has 2 aromatic rings. The van der Waals surface area contributed by atoms with Crippen LogP contribution in [0.5, 0.6) is 0 Å². The molecule has 0 spiro atoms. The largest absolute Gasteiger partial charge is 0.325 e. The van der Waals surface area contributed by atoms with Crippen molar-refractivity contribution in [3.63, 3.8) is 0 Å². The van der Waals surface area contributed by atoms with Crippen LogP contribution in [-0.2, 0) is 13.1 Å². The van der Waals surface area contributed by atoms with E-state index in [9.17, 15) is 0 Å². The Morgan fingerprint density at radius 2 is 2.00 bits per heavy atom. The molecule has 0 amide bonds. The zero-order valence-electron chi connectivity index (χ0n) is 8.95. The molecule has 4 N–H and O–H groups in total. The molecule has 1 aromatic heterocycles. The summed E-state index contributed by atoms with van der Waals surface area (Å²) in [6.45, 7) is 1.01. The lowest BCUT2D eigenvalue weighted by molar-refractivity contribution is 0.513. The van der Waals surface area contributed by atoms with Crippen molar-refractivity contribution in [1.29, 1.82) is 0 Å². The molecule has 1 heterocycles. The molecule has 0 aliphatic heterocycles. The molecule has 0 bridgehead atoms. The SMILES string of the molecule is NCc1cn(C[C@H](N)c2ccccc2)nn1. The Labute approximate surface area is 94.1 Å². The van der Waals surface area contributed by atoms with Crippen molar-refractivity contribution in [3.8, 4) is 0 Å². The van der Waals surface area contributed by atoms with E-state index in [2.05, 4.69) is 10.3 Å². The predicted molar refractivity (Wildman–Crippen MR) is 61.3 cm³/mol. The molecule has 16 heavy (non-hydrogen) atoms. The highest BCUT2D eigenvalue weighted by atomic mass is 15.4. The highest BCUT2D eigenvalue weighted by molar-refractivity contribution is 5.18. The van der Waals surface area contributed by atoms with Crippen molar-refractivity contribution >= 4 is 0 Å². The Bertz CT molecular complexity index is 437. The normalized spacial score (nSPS) is 12.6. The first-order valence-corrected chi connectivity index (χ1v) is 5.19. The zero-order valence-corrected chi connectivity index (χ0v) is 8.95. The fourth-order valence-corrected chi connectivity index (χ4v) is 1.53. The highest BCUT2D eigenvalue weighted by Gasteiger charge is 2.07. The summed E-state index contributed by atoms with van der Waals surface area (Å²) in [6, 6.07) is 9.85. The summed E-state index contributed by atoms with van der Waals surface area (Å²) in [7, 11) is 0. The van der Waals surface area contributed by atoms with Gasteiger partial charge in [-0.3, -0.25) is 4.68 Å². The van der Waals surface area contributed by atoms with Crippen molar-refractivity contribution in [2.45, 2.75) is 19.1 Å². The quantitative estimate of drug-likeness (QED) is 0.778. The molecule has 5 heteroatoms. The minimum atomic E-state index is -0.0754. The third-order valence-electron chi connectivity index (χ3n) is 2.41. The van der Waals surface area contributed by atoms with Crippen molar-refractivity contribution in [1.82, 2.24) is 15.0 Å². The fraction of sp³-hybridized carbons (Fsp3) is 0.273. The number of benzene rings is 1. The van der Waals surface area contributed by atoms with Crippen LogP contribution in [0.2, 0.25) is 0 Å². The van der Waals surface area contributed by atoms with Crippen LogP contribution >= 0.6 is 0 Å². The first kappa shape index (κ1) is 10.8. The summed E-state index contributed by atoms with van der Waals surface area (Å²) in [4.78, 5) is 0. The molecular formula is C11H15N5. The average molecular weight is 217 g/mol. The maximum absolute atomic E-state index is 6.06. The zero-order chi connectivity index (χ0) is 11.4. The Balaban J connectivity index is 2.05. The highest BCUT2D eigenvalue weighted by Crippen LogP contribution is 2.11. The Hall–Kier alpha value is -1.72. The summed E-state index contributed by atoms with van der Waals surface area (Å²) in [5, 5.41) is 7.87. The number of hydrogen-bond donors (Lipinski definition) is 2. The van der Waals surface area contributed by atoms with E-state index in [1.807, 2.05) is 36.5 Å². The van der Waals surface area contributed by atoms with Crippen LogP contribution < -0.4 is 11.5 Å². The number of aromatic nitrogens is 3. The van der Waals surface area contributed by atoms with Crippen LogP contribution in [0.3, 0.4) is 0 Å². The molecule has 1 atom stereocenters. The van der Waals surface area contributed by atoms with Crippen molar-refractivity contribution in [2.24, 2.45) is 11.5 Å². The summed E-state index contributed by atoms with van der Waals surface area (Å²) >= 11 is 0. The first-order valence-electron chi connectivity index (χ1n) is 5.19. The molecule has 1 aromatic carbocycles. The molecule has 0 saturated heterocycles. The first-order chi connectivity index (χ1) is 7.79. The van der Waals surface area contributed by atoms with Crippen LogP contribution in [0, 0.1) is 0 Å². The minimum absolute atomic E-state index is 0.0754. The van der Waals surface area contributed by atoms with Crippen LogP contribution in [0.1, 0.15) is 17.3 Å². The van der Waals surface area contributed by atoms with E-state index in [-0.39, 0.29) is 6.04 Å². The molecule has 84 valence electrons. The molecule has 0 fully saturated rings. The second-order valence-electron chi connectivity index (χ2n) is 3.65. The van der Waals surface area contributed by atoms with E-state index in [1.54, 1.807) is 4.68 Å². The van der Waals surface area contributed by atoms with Gasteiger partial charge in [0.1, 0.15) is 0 Å². The second-order valence-corrected chi connectivity index (χ2v) is 3.65. The third kappa shape index (κ3) is 2.44. The molecule has 0 unspecified atom stereocenters. The molecular weight excluding hydrogens is 202 g/mol. The summed E-state index contributed by atoms with van der Waals surface area (Å²) in [5.41, 5.74) is 13.4. The van der Waals surface area contributed by atoms with Gasteiger partial charge in [0, 0.05) is 18.8 Å². The van der Waals surface area contributed by atoms with Gasteiger partial charge in [-0.25, -0.2) is 0 Å². The van der Waals surface area contributed by atoms with Crippen LogP contribution in [0.15, 0.2) is 36.5 Å². The second kappa shape index (κ2) is 4.87. The topological polar surface area (TPSA) is 82.8 Å². The fourth-order valence-electron chi connectivity index (χ4n) is 1.53. The van der Waals surface area contributed by atoms with Gasteiger partial charge in [0.2, 0.25) is 0 Å². The smallest absolute Gasteiger partial charge is 0.0962 e. The Kier molecular flexibility index (Phi) is 3.28. The van der Waals surface area contributed by atoms with Crippen LogP contribution in [0.25, 0.3) is 0 Å². The molecule has 2 rings (SSSR count). The maximum atomic E-state index is 6.06. The lowest BCUT2D eigenvalue weighted by atomic mass is 10.1. The predicted octanol–water partition coefficient (Wildman–Crippen LogP) is 0.437. The van der Waals surface area contributed by atoms with Gasteiger partial charge in [0.05, 0.1) is 12.2 Å².